The lowest BCUT2D eigenvalue weighted by molar-refractivity contribution is -0.140. The molecule has 0 saturated heterocycles. The number of aromatic nitrogens is 4. The lowest BCUT2D eigenvalue weighted by Crippen LogP contribution is -2.30. The van der Waals surface area contributed by atoms with Crippen molar-refractivity contribution in [3.05, 3.63) is 41.1 Å². The van der Waals surface area contributed by atoms with Crippen LogP contribution in [0, 0.1) is 0 Å². The number of nitrogens with zero attached hydrogens (tertiary/aromatic N) is 4. The lowest BCUT2D eigenvalue weighted by atomic mass is 9.96. The minimum Gasteiger partial charge on any atom is -0.497 e. The number of benzene rings is 1. The van der Waals surface area contributed by atoms with Crippen LogP contribution in [0.1, 0.15) is 18.5 Å². The third-order valence-electron chi connectivity index (χ3n) is 3.89. The van der Waals surface area contributed by atoms with Crippen LogP contribution in [0.15, 0.2) is 35.5 Å². The van der Waals surface area contributed by atoms with Gasteiger partial charge in [-0.1, -0.05) is 17.2 Å². The van der Waals surface area contributed by atoms with Crippen molar-refractivity contribution in [2.45, 2.75) is 13.0 Å². The Kier molecular flexibility index (Phi) is 4.94. The maximum atomic E-state index is 12.6. The van der Waals surface area contributed by atoms with Crippen LogP contribution in [0.5, 0.6) is 5.75 Å². The number of hydrogen-bond donors (Lipinski definition) is 1. The molecule has 9 nitrogen and oxygen atoms in total. The van der Waals surface area contributed by atoms with Crippen molar-refractivity contribution in [1.29, 1.82) is 0 Å². The van der Waals surface area contributed by atoms with Crippen LogP contribution in [0.4, 0.5) is 5.95 Å². The first-order valence-electron chi connectivity index (χ1n) is 7.71. The third-order valence-corrected chi connectivity index (χ3v) is 3.89. The topological polar surface area (TPSA) is 100 Å². The average Bonchev–Trinajstić information content (AvgIpc) is 3.08. The van der Waals surface area contributed by atoms with E-state index in [2.05, 4.69) is 20.8 Å². The second kappa shape index (κ2) is 7.31. The number of allylic oxidation sites excluding steroid dienone is 1. The van der Waals surface area contributed by atoms with E-state index in [0.29, 0.717) is 23.8 Å². The zero-order chi connectivity index (χ0) is 17.8. The summed E-state index contributed by atoms with van der Waals surface area (Å²) in [6.45, 7) is 2.29. The zero-order valence-electron chi connectivity index (χ0n) is 14.2. The van der Waals surface area contributed by atoms with E-state index in [9.17, 15) is 4.79 Å². The van der Waals surface area contributed by atoms with E-state index in [4.69, 9.17) is 14.2 Å². The van der Waals surface area contributed by atoms with Crippen LogP contribution >= 0.6 is 0 Å². The molecule has 0 bridgehead atoms. The van der Waals surface area contributed by atoms with Crippen molar-refractivity contribution in [3.63, 3.8) is 0 Å². The van der Waals surface area contributed by atoms with E-state index < -0.39 is 12.0 Å². The Morgan fingerprint density at radius 1 is 1.24 bits per heavy atom. The number of carbonyl (C=O) groups is 1. The first kappa shape index (κ1) is 16.9. The molecule has 1 N–H and O–H groups in total. The average molecular weight is 345 g/mol. The maximum Gasteiger partial charge on any atom is 0.338 e. The Labute approximate surface area is 144 Å². The molecule has 3 rings (SSSR count). The zero-order valence-corrected chi connectivity index (χ0v) is 14.2. The number of tetrazole rings is 1. The van der Waals surface area contributed by atoms with Gasteiger partial charge in [-0.25, -0.2) is 4.79 Å². The lowest BCUT2D eigenvalue weighted by Gasteiger charge is -2.27. The molecule has 1 aromatic heterocycles. The number of nitrogens with one attached hydrogen (secondary N) is 1. The van der Waals surface area contributed by atoms with Crippen molar-refractivity contribution >= 4 is 11.9 Å². The van der Waals surface area contributed by atoms with E-state index in [0.717, 1.165) is 11.3 Å². The molecular weight excluding hydrogens is 326 g/mol. The number of methoxy groups -OCH3 is 2. The molecule has 9 heteroatoms. The van der Waals surface area contributed by atoms with Crippen LogP contribution in [0.2, 0.25) is 0 Å². The Morgan fingerprint density at radius 2 is 2.00 bits per heavy atom. The monoisotopic (exact) mass is 345 g/mol. The summed E-state index contributed by atoms with van der Waals surface area (Å²) >= 11 is 0. The van der Waals surface area contributed by atoms with Crippen LogP contribution in [0.25, 0.3) is 0 Å². The molecule has 1 atom stereocenters. The SMILES string of the molecule is COCCOC(=O)C1=C(C)Nc2nnnn2[C@H]1c1ccc(OC)cc1. The minimum atomic E-state index is -0.493. The summed E-state index contributed by atoms with van der Waals surface area (Å²) in [5.41, 5.74) is 1.93. The highest BCUT2D eigenvalue weighted by molar-refractivity contribution is 5.92. The van der Waals surface area contributed by atoms with Gasteiger partial charge in [0.2, 0.25) is 5.95 Å². The van der Waals surface area contributed by atoms with E-state index >= 15 is 0 Å². The highest BCUT2D eigenvalue weighted by atomic mass is 16.6. The third kappa shape index (κ3) is 3.31. The van der Waals surface area contributed by atoms with Gasteiger partial charge in [0.05, 0.1) is 19.3 Å². The van der Waals surface area contributed by atoms with E-state index in [1.807, 2.05) is 24.3 Å². The van der Waals surface area contributed by atoms with Crippen LogP contribution in [-0.2, 0) is 14.3 Å². The Bertz CT molecular complexity index is 784. The fraction of sp³-hybridized carbons (Fsp3) is 0.375. The number of fused-ring (bicyclic) bond motifs is 1. The first-order valence-corrected chi connectivity index (χ1v) is 7.71. The van der Waals surface area contributed by atoms with Crippen LogP contribution in [0.3, 0.4) is 0 Å². The fourth-order valence-corrected chi connectivity index (χ4v) is 2.67. The minimum absolute atomic E-state index is 0.171. The molecule has 0 saturated carbocycles. The molecule has 0 amide bonds. The van der Waals surface area contributed by atoms with E-state index in [1.165, 1.54) is 0 Å². The highest BCUT2D eigenvalue weighted by Crippen LogP contribution is 2.35. The smallest absolute Gasteiger partial charge is 0.338 e. The predicted molar refractivity (Wildman–Crippen MR) is 88.1 cm³/mol. The summed E-state index contributed by atoms with van der Waals surface area (Å²) in [7, 11) is 3.15. The molecule has 0 unspecified atom stereocenters. The van der Waals surface area contributed by atoms with Gasteiger partial charge in [-0.3, -0.25) is 0 Å². The molecule has 132 valence electrons. The van der Waals surface area contributed by atoms with Crippen molar-refractivity contribution in [1.82, 2.24) is 20.2 Å². The van der Waals surface area contributed by atoms with E-state index in [1.54, 1.807) is 25.8 Å². The van der Waals surface area contributed by atoms with Gasteiger partial charge in [0.15, 0.2) is 0 Å². The van der Waals surface area contributed by atoms with Crippen molar-refractivity contribution in [3.8, 4) is 5.75 Å². The summed E-state index contributed by atoms with van der Waals surface area (Å²) in [6.07, 6.45) is 0. The van der Waals surface area contributed by atoms with Crippen LogP contribution < -0.4 is 10.1 Å². The molecular formula is C16H19N5O4. The highest BCUT2D eigenvalue weighted by Gasteiger charge is 2.34. The quantitative estimate of drug-likeness (QED) is 0.615. The van der Waals surface area contributed by atoms with Gasteiger partial charge >= 0.3 is 5.97 Å². The number of esters is 1. The maximum absolute atomic E-state index is 12.6. The second-order valence-corrected chi connectivity index (χ2v) is 5.42. The van der Waals surface area contributed by atoms with Crippen molar-refractivity contribution < 1.29 is 19.0 Å². The number of hydrogen-bond acceptors (Lipinski definition) is 8. The standard InChI is InChI=1S/C16H19N5O4/c1-10-13(15(22)25-9-8-23-2)14(21-16(17-10)18-19-20-21)11-4-6-12(24-3)7-5-11/h4-7,14H,8-9H2,1-3H3,(H,17,18,20)/t14-/m0/s1. The van der Waals surface area contributed by atoms with Gasteiger partial charge in [-0.05, 0) is 35.0 Å². The number of anilines is 1. The summed E-state index contributed by atoms with van der Waals surface area (Å²) in [6, 6.07) is 6.90. The van der Waals surface area contributed by atoms with E-state index in [-0.39, 0.29) is 6.61 Å². The summed E-state index contributed by atoms with van der Waals surface area (Å²) in [4.78, 5) is 12.6. The molecule has 1 aliphatic rings. The summed E-state index contributed by atoms with van der Waals surface area (Å²) in [5.74, 6) is 0.746. The largest absolute Gasteiger partial charge is 0.497 e. The van der Waals surface area contributed by atoms with Gasteiger partial charge < -0.3 is 19.5 Å². The number of rotatable bonds is 6. The molecule has 25 heavy (non-hydrogen) atoms. The molecule has 1 aliphatic heterocycles. The van der Waals surface area contributed by atoms with Gasteiger partial charge in [-0.15, -0.1) is 0 Å². The van der Waals surface area contributed by atoms with Gasteiger partial charge in [-0.2, -0.15) is 4.68 Å². The molecule has 1 aromatic carbocycles. The molecule has 0 radical (unpaired) electrons. The first-order chi connectivity index (χ1) is 12.2. The van der Waals surface area contributed by atoms with Gasteiger partial charge in [0.25, 0.3) is 0 Å². The van der Waals surface area contributed by atoms with Crippen molar-refractivity contribution in [2.24, 2.45) is 0 Å². The molecule has 2 aromatic rings. The summed E-state index contributed by atoms with van der Waals surface area (Å²) < 4.78 is 17.0. The van der Waals surface area contributed by atoms with Gasteiger partial charge in [0.1, 0.15) is 18.4 Å². The van der Waals surface area contributed by atoms with Crippen LogP contribution in [-0.4, -0.2) is 53.6 Å². The predicted octanol–water partition coefficient (Wildman–Crippen LogP) is 1.16. The molecule has 0 aliphatic carbocycles. The second-order valence-electron chi connectivity index (χ2n) is 5.42. The number of carbonyl (C=O) groups excluding carboxylic acids is 1. The molecule has 0 spiro atoms. The fourth-order valence-electron chi connectivity index (χ4n) is 2.67. The Balaban J connectivity index is 1.99. The normalized spacial score (nSPS) is 16.2. The van der Waals surface area contributed by atoms with Gasteiger partial charge in [0, 0.05) is 12.8 Å². The van der Waals surface area contributed by atoms with Crippen molar-refractivity contribution in [2.75, 3.05) is 32.8 Å². The molecule has 2 heterocycles. The Morgan fingerprint density at radius 3 is 2.68 bits per heavy atom. The molecule has 0 fully saturated rings. The number of ether oxygens (including phenoxy) is 3. The summed E-state index contributed by atoms with van der Waals surface area (Å²) in [5, 5.41) is 14.7. The Hall–Kier alpha value is -2.94.